The number of anilines is 1. The number of hydrogen-bond acceptors (Lipinski definition) is 2. The molecule has 1 N–H and O–H groups in total. The van der Waals surface area contributed by atoms with Gasteiger partial charge in [-0.05, 0) is 31.0 Å². The normalized spacial score (nSPS) is 10.5. The van der Waals surface area contributed by atoms with Crippen LogP contribution in [0.2, 0.25) is 0 Å². The summed E-state index contributed by atoms with van der Waals surface area (Å²) in [6.07, 6.45) is 6.74. The Hall–Kier alpha value is -1.29. The Morgan fingerprint density at radius 1 is 1.41 bits per heavy atom. The molecule has 90 valence electrons. The van der Waals surface area contributed by atoms with Crippen molar-refractivity contribution in [3.05, 3.63) is 47.0 Å². The van der Waals surface area contributed by atoms with E-state index in [0.717, 1.165) is 24.0 Å². The third kappa shape index (κ3) is 3.33. The van der Waals surface area contributed by atoms with Crippen LogP contribution in [0.25, 0.3) is 0 Å². The molecule has 0 saturated carbocycles. The topological polar surface area (TPSA) is 29.9 Å². The molecule has 1 aromatic heterocycles. The Morgan fingerprint density at radius 3 is 3.06 bits per heavy atom. The molecule has 0 aliphatic carbocycles. The number of hydrogen-bond donors (Lipinski definition) is 1. The smallest absolute Gasteiger partial charge is 0.0945 e. The van der Waals surface area contributed by atoms with Crippen molar-refractivity contribution in [1.29, 1.82) is 0 Å². The number of aryl methyl sites for hydroxylation is 1. The minimum atomic E-state index is 0.968. The van der Waals surface area contributed by atoms with Gasteiger partial charge in [-0.2, -0.15) is 0 Å². The van der Waals surface area contributed by atoms with Gasteiger partial charge in [-0.1, -0.05) is 22.0 Å². The van der Waals surface area contributed by atoms with Crippen LogP contribution in [0.4, 0.5) is 5.69 Å². The van der Waals surface area contributed by atoms with Gasteiger partial charge < -0.3 is 9.88 Å². The van der Waals surface area contributed by atoms with Crippen molar-refractivity contribution in [1.82, 2.24) is 9.55 Å². The Labute approximate surface area is 110 Å². The van der Waals surface area contributed by atoms with Crippen LogP contribution < -0.4 is 5.32 Å². The molecule has 0 bridgehead atoms. The van der Waals surface area contributed by atoms with E-state index in [1.54, 1.807) is 0 Å². The van der Waals surface area contributed by atoms with Crippen LogP contribution in [0.5, 0.6) is 0 Å². The van der Waals surface area contributed by atoms with Crippen LogP contribution in [0.15, 0.2) is 41.4 Å². The largest absolute Gasteiger partial charge is 0.385 e. The van der Waals surface area contributed by atoms with Crippen LogP contribution in [0.1, 0.15) is 12.0 Å². The standard InChI is InChI=1S/C13H16BrN3/c1-11-12(14)4-2-5-13(11)16-6-3-8-17-9-7-15-10-17/h2,4-5,7,9-10,16H,3,6,8H2,1H3. The summed E-state index contributed by atoms with van der Waals surface area (Å²) >= 11 is 3.53. The van der Waals surface area contributed by atoms with E-state index in [9.17, 15) is 0 Å². The number of rotatable bonds is 5. The van der Waals surface area contributed by atoms with Crippen LogP contribution in [-0.2, 0) is 6.54 Å². The first-order valence-electron chi connectivity index (χ1n) is 5.72. The SMILES string of the molecule is Cc1c(Br)cccc1NCCCn1ccnc1. The van der Waals surface area contributed by atoms with E-state index in [4.69, 9.17) is 0 Å². The van der Waals surface area contributed by atoms with Crippen molar-refractivity contribution >= 4 is 21.6 Å². The lowest BCUT2D eigenvalue weighted by atomic mass is 10.2. The highest BCUT2D eigenvalue weighted by atomic mass is 79.9. The van der Waals surface area contributed by atoms with Crippen LogP contribution in [-0.4, -0.2) is 16.1 Å². The second-order valence-electron chi connectivity index (χ2n) is 3.99. The molecule has 0 atom stereocenters. The summed E-state index contributed by atoms with van der Waals surface area (Å²) in [4.78, 5) is 4.02. The molecule has 0 saturated heterocycles. The zero-order valence-electron chi connectivity index (χ0n) is 9.86. The van der Waals surface area contributed by atoms with Gasteiger partial charge in [-0.15, -0.1) is 0 Å². The van der Waals surface area contributed by atoms with Crippen molar-refractivity contribution in [2.45, 2.75) is 19.9 Å². The summed E-state index contributed by atoms with van der Waals surface area (Å²) in [6, 6.07) is 6.22. The zero-order chi connectivity index (χ0) is 12.1. The number of halogens is 1. The molecule has 1 aromatic carbocycles. The lowest BCUT2D eigenvalue weighted by Crippen LogP contribution is -2.06. The number of imidazole rings is 1. The highest BCUT2D eigenvalue weighted by Gasteiger charge is 2.00. The van der Waals surface area contributed by atoms with E-state index in [1.807, 2.05) is 18.7 Å². The van der Waals surface area contributed by atoms with Gasteiger partial charge in [0.15, 0.2) is 0 Å². The second-order valence-corrected chi connectivity index (χ2v) is 4.85. The Morgan fingerprint density at radius 2 is 2.29 bits per heavy atom. The first-order valence-corrected chi connectivity index (χ1v) is 6.51. The molecule has 0 amide bonds. The van der Waals surface area contributed by atoms with Gasteiger partial charge in [0, 0.05) is 35.6 Å². The summed E-state index contributed by atoms with van der Waals surface area (Å²) in [5, 5.41) is 3.45. The second kappa shape index (κ2) is 5.87. The molecule has 2 aromatic rings. The summed E-state index contributed by atoms with van der Waals surface area (Å²) in [7, 11) is 0. The molecule has 0 radical (unpaired) electrons. The highest BCUT2D eigenvalue weighted by Crippen LogP contribution is 2.23. The maximum atomic E-state index is 4.02. The fraction of sp³-hybridized carbons (Fsp3) is 0.308. The number of nitrogens with zero attached hydrogens (tertiary/aromatic N) is 2. The maximum absolute atomic E-state index is 4.02. The monoisotopic (exact) mass is 293 g/mol. The van der Waals surface area contributed by atoms with E-state index >= 15 is 0 Å². The fourth-order valence-electron chi connectivity index (χ4n) is 1.70. The van der Waals surface area contributed by atoms with Crippen molar-refractivity contribution in [3.63, 3.8) is 0 Å². The Bertz CT molecular complexity index is 466. The predicted octanol–water partition coefficient (Wildman–Crippen LogP) is 3.46. The van der Waals surface area contributed by atoms with Gasteiger partial charge >= 0.3 is 0 Å². The van der Waals surface area contributed by atoms with Crippen molar-refractivity contribution < 1.29 is 0 Å². The van der Waals surface area contributed by atoms with E-state index in [1.165, 1.54) is 11.3 Å². The Kier molecular flexibility index (Phi) is 4.20. The molecule has 1 heterocycles. The zero-order valence-corrected chi connectivity index (χ0v) is 11.4. The van der Waals surface area contributed by atoms with Crippen molar-refractivity contribution in [2.75, 3.05) is 11.9 Å². The fourth-order valence-corrected chi connectivity index (χ4v) is 2.07. The minimum absolute atomic E-state index is 0.968. The van der Waals surface area contributed by atoms with Crippen LogP contribution >= 0.6 is 15.9 Å². The lowest BCUT2D eigenvalue weighted by Gasteiger charge is -2.10. The van der Waals surface area contributed by atoms with E-state index in [2.05, 4.69) is 55.9 Å². The van der Waals surface area contributed by atoms with E-state index in [0.29, 0.717) is 0 Å². The molecule has 0 fully saturated rings. The number of benzene rings is 1. The van der Waals surface area contributed by atoms with E-state index < -0.39 is 0 Å². The van der Waals surface area contributed by atoms with Crippen LogP contribution in [0, 0.1) is 6.92 Å². The highest BCUT2D eigenvalue weighted by molar-refractivity contribution is 9.10. The molecule has 0 spiro atoms. The third-order valence-electron chi connectivity index (χ3n) is 2.74. The first-order chi connectivity index (χ1) is 8.27. The average Bonchev–Trinajstić information content (AvgIpc) is 2.83. The maximum Gasteiger partial charge on any atom is 0.0945 e. The van der Waals surface area contributed by atoms with Gasteiger partial charge in [0.1, 0.15) is 0 Å². The third-order valence-corrected chi connectivity index (χ3v) is 3.59. The molecule has 0 aliphatic heterocycles. The summed E-state index contributed by atoms with van der Waals surface area (Å²) in [6.45, 7) is 4.08. The Balaban J connectivity index is 1.80. The van der Waals surface area contributed by atoms with Gasteiger partial charge in [0.2, 0.25) is 0 Å². The van der Waals surface area contributed by atoms with Crippen molar-refractivity contribution in [2.24, 2.45) is 0 Å². The van der Waals surface area contributed by atoms with Crippen molar-refractivity contribution in [3.8, 4) is 0 Å². The number of nitrogens with one attached hydrogen (secondary N) is 1. The molecule has 17 heavy (non-hydrogen) atoms. The molecular weight excluding hydrogens is 278 g/mol. The number of aromatic nitrogens is 2. The molecule has 4 heteroatoms. The minimum Gasteiger partial charge on any atom is -0.385 e. The quantitative estimate of drug-likeness (QED) is 0.856. The summed E-state index contributed by atoms with van der Waals surface area (Å²) in [5.74, 6) is 0. The lowest BCUT2D eigenvalue weighted by molar-refractivity contribution is 0.660. The van der Waals surface area contributed by atoms with Gasteiger partial charge in [-0.3, -0.25) is 0 Å². The molecule has 2 rings (SSSR count). The molecular formula is C13H16BrN3. The van der Waals surface area contributed by atoms with E-state index in [-0.39, 0.29) is 0 Å². The summed E-state index contributed by atoms with van der Waals surface area (Å²) in [5.41, 5.74) is 2.46. The van der Waals surface area contributed by atoms with Gasteiger partial charge in [0.05, 0.1) is 6.33 Å². The molecule has 3 nitrogen and oxygen atoms in total. The van der Waals surface area contributed by atoms with Gasteiger partial charge in [-0.25, -0.2) is 4.98 Å². The first kappa shape index (κ1) is 12.2. The van der Waals surface area contributed by atoms with Gasteiger partial charge in [0.25, 0.3) is 0 Å². The predicted molar refractivity (Wildman–Crippen MR) is 74.2 cm³/mol. The van der Waals surface area contributed by atoms with Crippen LogP contribution in [0.3, 0.4) is 0 Å². The summed E-state index contributed by atoms with van der Waals surface area (Å²) < 4.78 is 3.24. The molecule has 0 unspecified atom stereocenters. The average molecular weight is 294 g/mol. The molecule has 0 aliphatic rings.